The number of nitrogens with one attached hydrogen (secondary N) is 1. The van der Waals surface area contributed by atoms with Crippen LogP contribution in [0.15, 0.2) is 18.5 Å². The Morgan fingerprint density at radius 3 is 2.63 bits per heavy atom. The Hall–Kier alpha value is -0.800. The molecule has 1 aromatic rings. The first-order chi connectivity index (χ1) is 8.87. The van der Waals surface area contributed by atoms with Gasteiger partial charge in [-0.25, -0.2) is 0 Å². The van der Waals surface area contributed by atoms with E-state index < -0.39 is 0 Å². The fourth-order valence-electron chi connectivity index (χ4n) is 1.69. The van der Waals surface area contributed by atoms with Gasteiger partial charge in [0, 0.05) is 37.6 Å². The van der Waals surface area contributed by atoms with Gasteiger partial charge < -0.3 is 14.6 Å². The predicted molar refractivity (Wildman–Crippen MR) is 81.3 cm³/mol. The highest BCUT2D eigenvalue weighted by Crippen LogP contribution is 2.05. The van der Waals surface area contributed by atoms with E-state index in [1.165, 1.54) is 5.56 Å². The molecule has 0 saturated heterocycles. The van der Waals surface area contributed by atoms with Gasteiger partial charge in [0.1, 0.15) is 0 Å². The molecule has 0 atom stereocenters. The molecule has 0 aromatic carbocycles. The summed E-state index contributed by atoms with van der Waals surface area (Å²) in [5.41, 5.74) is 1.50. The Bertz CT molecular complexity index is 350. The van der Waals surface area contributed by atoms with Gasteiger partial charge >= 0.3 is 0 Å². The van der Waals surface area contributed by atoms with E-state index in [9.17, 15) is 0 Å². The summed E-state index contributed by atoms with van der Waals surface area (Å²) in [4.78, 5) is 0. The van der Waals surface area contributed by atoms with E-state index in [0.717, 1.165) is 38.6 Å². The van der Waals surface area contributed by atoms with E-state index in [1.54, 1.807) is 0 Å². The maximum atomic E-state index is 5.64. The van der Waals surface area contributed by atoms with Crippen LogP contribution in [0.3, 0.4) is 0 Å². The van der Waals surface area contributed by atoms with Crippen LogP contribution in [0.1, 0.15) is 46.6 Å². The molecule has 0 amide bonds. The molecular weight excluding hydrogens is 236 g/mol. The Morgan fingerprint density at radius 1 is 1.26 bits per heavy atom. The molecule has 0 aliphatic rings. The van der Waals surface area contributed by atoms with Crippen LogP contribution in [0.5, 0.6) is 0 Å². The van der Waals surface area contributed by atoms with E-state index in [4.69, 9.17) is 4.74 Å². The zero-order valence-electron chi connectivity index (χ0n) is 13.2. The van der Waals surface area contributed by atoms with Gasteiger partial charge in [0.2, 0.25) is 0 Å². The van der Waals surface area contributed by atoms with Crippen LogP contribution in [0.25, 0.3) is 0 Å². The number of aromatic nitrogens is 1. The van der Waals surface area contributed by atoms with Crippen molar-refractivity contribution in [2.75, 3.05) is 13.2 Å². The third kappa shape index (κ3) is 8.06. The van der Waals surface area contributed by atoms with Crippen molar-refractivity contribution in [2.24, 2.45) is 5.92 Å². The first-order valence-corrected chi connectivity index (χ1v) is 7.34. The van der Waals surface area contributed by atoms with Crippen LogP contribution in [-0.4, -0.2) is 23.3 Å². The molecule has 1 N–H and O–H groups in total. The molecule has 3 heteroatoms. The first kappa shape index (κ1) is 16.3. The highest BCUT2D eigenvalue weighted by molar-refractivity contribution is 5.10. The smallest absolute Gasteiger partial charge is 0.0645 e. The van der Waals surface area contributed by atoms with Crippen LogP contribution < -0.4 is 5.32 Å². The van der Waals surface area contributed by atoms with Gasteiger partial charge in [-0.05, 0) is 44.7 Å². The van der Waals surface area contributed by atoms with Crippen molar-refractivity contribution in [3.05, 3.63) is 24.0 Å². The molecule has 1 heterocycles. The topological polar surface area (TPSA) is 26.2 Å². The Kier molecular flexibility index (Phi) is 6.59. The molecule has 19 heavy (non-hydrogen) atoms. The standard InChI is InChI=1S/C16H30N2O/c1-14(2)7-10-19-11-9-18-8-6-15(13-18)12-17-16(3,4)5/h6,8,13-14,17H,7,9-12H2,1-5H3. The van der Waals surface area contributed by atoms with Crippen molar-refractivity contribution < 1.29 is 4.74 Å². The highest BCUT2D eigenvalue weighted by Gasteiger charge is 2.08. The van der Waals surface area contributed by atoms with Gasteiger partial charge in [-0.1, -0.05) is 13.8 Å². The van der Waals surface area contributed by atoms with Crippen LogP contribution in [-0.2, 0) is 17.8 Å². The van der Waals surface area contributed by atoms with Crippen molar-refractivity contribution >= 4 is 0 Å². The molecule has 3 nitrogen and oxygen atoms in total. The lowest BCUT2D eigenvalue weighted by atomic mass is 10.1. The normalized spacial score (nSPS) is 12.3. The maximum absolute atomic E-state index is 5.64. The first-order valence-electron chi connectivity index (χ1n) is 7.34. The third-order valence-electron chi connectivity index (χ3n) is 2.97. The molecule has 0 saturated carbocycles. The molecule has 0 spiro atoms. The van der Waals surface area contributed by atoms with Crippen LogP contribution >= 0.6 is 0 Å². The van der Waals surface area contributed by atoms with Gasteiger partial charge in [0.25, 0.3) is 0 Å². The molecule has 0 fully saturated rings. The van der Waals surface area contributed by atoms with Crippen molar-refractivity contribution in [1.82, 2.24) is 9.88 Å². The number of hydrogen-bond donors (Lipinski definition) is 1. The highest BCUT2D eigenvalue weighted by atomic mass is 16.5. The minimum Gasteiger partial charge on any atom is -0.380 e. The van der Waals surface area contributed by atoms with Crippen molar-refractivity contribution in [3.63, 3.8) is 0 Å². The van der Waals surface area contributed by atoms with Gasteiger partial charge in [-0.2, -0.15) is 0 Å². The molecule has 0 aliphatic heterocycles. The average Bonchev–Trinajstić information content (AvgIpc) is 2.72. The van der Waals surface area contributed by atoms with Gasteiger partial charge in [0.05, 0.1) is 6.61 Å². The monoisotopic (exact) mass is 266 g/mol. The minimum absolute atomic E-state index is 0.169. The second kappa shape index (κ2) is 7.71. The Balaban J connectivity index is 2.20. The fourth-order valence-corrected chi connectivity index (χ4v) is 1.69. The SMILES string of the molecule is CC(C)CCOCCn1ccc(CNC(C)(C)C)c1. The second-order valence-electron chi connectivity index (χ2n) is 6.66. The summed E-state index contributed by atoms with van der Waals surface area (Å²) in [6.45, 7) is 14.5. The van der Waals surface area contributed by atoms with Crippen LogP contribution in [0, 0.1) is 5.92 Å². The average molecular weight is 266 g/mol. The van der Waals surface area contributed by atoms with Gasteiger partial charge in [-0.3, -0.25) is 0 Å². The van der Waals surface area contributed by atoms with E-state index in [-0.39, 0.29) is 5.54 Å². The Labute approximate surface area is 118 Å². The summed E-state index contributed by atoms with van der Waals surface area (Å²) >= 11 is 0. The lowest BCUT2D eigenvalue weighted by Gasteiger charge is -2.19. The van der Waals surface area contributed by atoms with Crippen molar-refractivity contribution in [2.45, 2.75) is 59.7 Å². The summed E-state index contributed by atoms with van der Waals surface area (Å²) in [6.07, 6.45) is 5.47. The molecule has 0 unspecified atom stereocenters. The molecule has 0 bridgehead atoms. The predicted octanol–water partition coefficient (Wildman–Crippen LogP) is 3.44. The molecular formula is C16H30N2O. The summed E-state index contributed by atoms with van der Waals surface area (Å²) in [5, 5.41) is 3.50. The maximum Gasteiger partial charge on any atom is 0.0645 e. The molecule has 1 aromatic heterocycles. The lowest BCUT2D eigenvalue weighted by molar-refractivity contribution is 0.116. The largest absolute Gasteiger partial charge is 0.380 e. The zero-order chi connectivity index (χ0) is 14.3. The minimum atomic E-state index is 0.169. The molecule has 1 rings (SSSR count). The summed E-state index contributed by atoms with van der Waals surface area (Å²) < 4.78 is 7.84. The van der Waals surface area contributed by atoms with Gasteiger partial charge in [-0.15, -0.1) is 0 Å². The van der Waals surface area contributed by atoms with E-state index in [1.807, 2.05) is 0 Å². The molecule has 110 valence electrons. The second-order valence-corrected chi connectivity index (χ2v) is 6.66. The van der Waals surface area contributed by atoms with E-state index in [2.05, 4.69) is 63.0 Å². The van der Waals surface area contributed by atoms with Crippen molar-refractivity contribution in [3.8, 4) is 0 Å². The summed E-state index contributed by atoms with van der Waals surface area (Å²) in [6, 6.07) is 2.17. The lowest BCUT2D eigenvalue weighted by Crippen LogP contribution is -2.34. The number of hydrogen-bond acceptors (Lipinski definition) is 2. The van der Waals surface area contributed by atoms with Gasteiger partial charge in [0.15, 0.2) is 0 Å². The fraction of sp³-hybridized carbons (Fsp3) is 0.750. The third-order valence-corrected chi connectivity index (χ3v) is 2.97. The van der Waals surface area contributed by atoms with Crippen molar-refractivity contribution in [1.29, 1.82) is 0 Å². The van der Waals surface area contributed by atoms with Crippen LogP contribution in [0.4, 0.5) is 0 Å². The summed E-state index contributed by atoms with van der Waals surface area (Å²) in [5.74, 6) is 0.724. The van der Waals surface area contributed by atoms with E-state index >= 15 is 0 Å². The quantitative estimate of drug-likeness (QED) is 0.730. The van der Waals surface area contributed by atoms with Crippen LogP contribution in [0.2, 0.25) is 0 Å². The Morgan fingerprint density at radius 2 is 2.00 bits per heavy atom. The van der Waals surface area contributed by atoms with E-state index in [0.29, 0.717) is 0 Å². The molecule has 0 radical (unpaired) electrons. The number of nitrogens with zero attached hydrogens (tertiary/aromatic N) is 1. The number of rotatable bonds is 8. The zero-order valence-corrected chi connectivity index (χ0v) is 13.2. The molecule has 0 aliphatic carbocycles. The number of ether oxygens (including phenoxy) is 1. The summed E-state index contributed by atoms with van der Waals surface area (Å²) in [7, 11) is 0.